The predicted molar refractivity (Wildman–Crippen MR) is 95.8 cm³/mol. The van der Waals surface area contributed by atoms with Crippen molar-refractivity contribution in [1.29, 1.82) is 5.26 Å². The number of benzene rings is 1. The first-order valence-electron chi connectivity index (χ1n) is 8.08. The van der Waals surface area contributed by atoms with Crippen LogP contribution in [0.2, 0.25) is 0 Å². The molecule has 142 valence electrons. The van der Waals surface area contributed by atoms with Crippen LogP contribution in [0.5, 0.6) is 5.75 Å². The molecule has 2 aromatic rings. The van der Waals surface area contributed by atoms with Gasteiger partial charge in [0.05, 0.1) is 18.4 Å². The molecule has 2 rings (SSSR count). The van der Waals surface area contributed by atoms with E-state index in [2.05, 4.69) is 5.10 Å². The van der Waals surface area contributed by atoms with Gasteiger partial charge in [0, 0.05) is 11.3 Å². The molecule has 1 aromatic heterocycles. The summed E-state index contributed by atoms with van der Waals surface area (Å²) in [5.41, 5.74) is -2.76. The molecule has 27 heavy (non-hydrogen) atoms. The number of para-hydroxylation sites is 1. The molecule has 0 unspecified atom stereocenters. The first kappa shape index (κ1) is 20.2. The normalized spacial score (nSPS) is 12.2. The van der Waals surface area contributed by atoms with Gasteiger partial charge < -0.3 is 4.74 Å². The largest absolute Gasteiger partial charge is 0.496 e. The number of alkyl halides is 3. The monoisotopic (exact) mass is 377 g/mol. The fourth-order valence-corrected chi connectivity index (χ4v) is 2.35. The second-order valence-electron chi connectivity index (χ2n) is 6.14. The molecule has 5 nitrogen and oxygen atoms in total. The summed E-state index contributed by atoms with van der Waals surface area (Å²) in [6.45, 7) is 5.33. The van der Waals surface area contributed by atoms with Crippen LogP contribution in [0.25, 0.3) is 11.3 Å². The van der Waals surface area contributed by atoms with Gasteiger partial charge in [-0.3, -0.25) is 4.79 Å². The minimum atomic E-state index is -4.86. The smallest absolute Gasteiger partial charge is 0.417 e. The molecule has 1 heterocycles. The topological polar surface area (TPSA) is 67.4 Å². The van der Waals surface area contributed by atoms with Crippen LogP contribution >= 0.6 is 0 Å². The summed E-state index contributed by atoms with van der Waals surface area (Å²) in [6.07, 6.45) is -4.86. The molecule has 0 bridgehead atoms. The zero-order valence-corrected chi connectivity index (χ0v) is 15.3. The van der Waals surface area contributed by atoms with E-state index in [1.807, 2.05) is 13.8 Å². The lowest BCUT2D eigenvalue weighted by molar-refractivity contribution is -0.137. The van der Waals surface area contributed by atoms with Crippen LogP contribution in [-0.4, -0.2) is 17.5 Å². The summed E-state index contributed by atoms with van der Waals surface area (Å²) in [5, 5.41) is 13.3. The molecule has 0 saturated heterocycles. The number of nitrogens with zero attached hydrogens (tertiary/aromatic N) is 3. The SMILES string of the molecule is COc1ccccc1-c1cc(C(F)(F)F)c(C#N)c(=O)n1N=C(C)C(C)C. The summed E-state index contributed by atoms with van der Waals surface area (Å²) in [4.78, 5) is 12.7. The lowest BCUT2D eigenvalue weighted by atomic mass is 10.0. The van der Waals surface area contributed by atoms with Crippen molar-refractivity contribution in [3.05, 3.63) is 51.8 Å². The molecule has 0 amide bonds. The summed E-state index contributed by atoms with van der Waals surface area (Å²) < 4.78 is 46.4. The van der Waals surface area contributed by atoms with Gasteiger partial charge >= 0.3 is 6.18 Å². The zero-order chi connectivity index (χ0) is 20.4. The van der Waals surface area contributed by atoms with Crippen molar-refractivity contribution >= 4 is 5.71 Å². The van der Waals surface area contributed by atoms with Crippen molar-refractivity contribution in [1.82, 2.24) is 4.68 Å². The highest BCUT2D eigenvalue weighted by molar-refractivity contribution is 5.84. The first-order chi connectivity index (χ1) is 12.6. The maximum Gasteiger partial charge on any atom is 0.417 e. The van der Waals surface area contributed by atoms with E-state index in [-0.39, 0.29) is 22.9 Å². The predicted octanol–water partition coefficient (Wildman–Crippen LogP) is 4.29. The molecule has 0 fully saturated rings. The van der Waals surface area contributed by atoms with Crippen molar-refractivity contribution in [3.8, 4) is 23.1 Å². The van der Waals surface area contributed by atoms with Crippen LogP contribution in [0.1, 0.15) is 31.9 Å². The number of methoxy groups -OCH3 is 1. The van der Waals surface area contributed by atoms with E-state index < -0.39 is 22.9 Å². The second kappa shape index (κ2) is 7.66. The van der Waals surface area contributed by atoms with Gasteiger partial charge in [0.25, 0.3) is 5.56 Å². The number of aromatic nitrogens is 1. The van der Waals surface area contributed by atoms with Crippen LogP contribution < -0.4 is 10.3 Å². The Balaban J connectivity index is 3.00. The quantitative estimate of drug-likeness (QED) is 0.747. The number of rotatable bonds is 4. The van der Waals surface area contributed by atoms with E-state index in [1.54, 1.807) is 25.1 Å². The van der Waals surface area contributed by atoms with Crippen LogP contribution in [0.3, 0.4) is 0 Å². The maximum absolute atomic E-state index is 13.4. The summed E-state index contributed by atoms with van der Waals surface area (Å²) in [6, 6.07) is 8.48. The Hall–Kier alpha value is -3.08. The number of halogens is 3. The third-order valence-electron chi connectivity index (χ3n) is 4.08. The van der Waals surface area contributed by atoms with Crippen LogP contribution in [0.4, 0.5) is 13.2 Å². The average Bonchev–Trinajstić information content (AvgIpc) is 2.61. The van der Waals surface area contributed by atoms with Crippen molar-refractivity contribution in [3.63, 3.8) is 0 Å². The van der Waals surface area contributed by atoms with E-state index in [0.29, 0.717) is 5.71 Å². The van der Waals surface area contributed by atoms with Crippen molar-refractivity contribution < 1.29 is 17.9 Å². The molecule has 0 radical (unpaired) electrons. The molecular formula is C19H18F3N3O2. The van der Waals surface area contributed by atoms with Gasteiger partial charge in [-0.25, -0.2) is 0 Å². The van der Waals surface area contributed by atoms with Crippen molar-refractivity contribution in [2.75, 3.05) is 7.11 Å². The summed E-state index contributed by atoms with van der Waals surface area (Å²) in [7, 11) is 1.37. The Labute approximate surface area is 154 Å². The molecule has 0 aliphatic rings. The zero-order valence-electron chi connectivity index (χ0n) is 15.3. The number of hydrogen-bond donors (Lipinski definition) is 0. The average molecular weight is 377 g/mol. The van der Waals surface area contributed by atoms with Gasteiger partial charge in [0.2, 0.25) is 0 Å². The standard InChI is InChI=1S/C19H18F3N3O2/c1-11(2)12(3)24-25-16(13-7-5-6-8-17(13)27-4)9-15(19(20,21)22)14(10-23)18(25)26/h5-9,11H,1-4H3. The lowest BCUT2D eigenvalue weighted by Gasteiger charge is -2.17. The van der Waals surface area contributed by atoms with E-state index in [4.69, 9.17) is 10.00 Å². The van der Waals surface area contributed by atoms with Gasteiger partial charge in [-0.05, 0) is 31.0 Å². The van der Waals surface area contributed by atoms with Crippen LogP contribution in [0.15, 0.2) is 40.2 Å². The molecule has 0 saturated carbocycles. The van der Waals surface area contributed by atoms with Gasteiger partial charge in [-0.1, -0.05) is 26.0 Å². The Morgan fingerprint density at radius 3 is 2.44 bits per heavy atom. The summed E-state index contributed by atoms with van der Waals surface area (Å²) in [5.74, 6) is 0.233. The lowest BCUT2D eigenvalue weighted by Crippen LogP contribution is -2.27. The van der Waals surface area contributed by atoms with E-state index >= 15 is 0 Å². The number of pyridine rings is 1. The highest BCUT2D eigenvalue weighted by atomic mass is 19.4. The number of hydrogen-bond acceptors (Lipinski definition) is 4. The Kier molecular flexibility index (Phi) is 5.74. The van der Waals surface area contributed by atoms with Crippen LogP contribution in [0, 0.1) is 17.2 Å². The minimum Gasteiger partial charge on any atom is -0.496 e. The van der Waals surface area contributed by atoms with Crippen molar-refractivity contribution in [2.24, 2.45) is 11.0 Å². The third kappa shape index (κ3) is 4.03. The molecule has 0 aliphatic heterocycles. The Morgan fingerprint density at radius 2 is 1.93 bits per heavy atom. The molecule has 8 heteroatoms. The third-order valence-corrected chi connectivity index (χ3v) is 4.08. The first-order valence-corrected chi connectivity index (χ1v) is 8.08. The molecule has 0 N–H and O–H groups in total. The van der Waals surface area contributed by atoms with Gasteiger partial charge in [0.1, 0.15) is 17.4 Å². The highest BCUT2D eigenvalue weighted by Crippen LogP contribution is 2.36. The van der Waals surface area contributed by atoms with E-state index in [1.165, 1.54) is 19.2 Å². The van der Waals surface area contributed by atoms with E-state index in [9.17, 15) is 18.0 Å². The fourth-order valence-electron chi connectivity index (χ4n) is 2.35. The summed E-state index contributed by atoms with van der Waals surface area (Å²) >= 11 is 0. The highest BCUT2D eigenvalue weighted by Gasteiger charge is 2.37. The van der Waals surface area contributed by atoms with Gasteiger partial charge in [-0.2, -0.15) is 28.2 Å². The van der Waals surface area contributed by atoms with Crippen LogP contribution in [-0.2, 0) is 6.18 Å². The molecule has 1 aromatic carbocycles. The minimum absolute atomic E-state index is 0.0461. The number of nitriles is 1. The Bertz CT molecular complexity index is 983. The molecule has 0 aliphatic carbocycles. The van der Waals surface area contributed by atoms with E-state index in [0.717, 1.165) is 10.7 Å². The molecule has 0 spiro atoms. The fraction of sp³-hybridized carbons (Fsp3) is 0.316. The maximum atomic E-state index is 13.4. The second-order valence-corrected chi connectivity index (χ2v) is 6.14. The van der Waals surface area contributed by atoms with Gasteiger partial charge in [0.15, 0.2) is 0 Å². The van der Waals surface area contributed by atoms with Crippen molar-refractivity contribution in [2.45, 2.75) is 26.9 Å². The number of ether oxygens (including phenoxy) is 1. The molecule has 0 atom stereocenters. The Morgan fingerprint density at radius 1 is 1.30 bits per heavy atom. The van der Waals surface area contributed by atoms with Gasteiger partial charge in [-0.15, -0.1) is 0 Å². The molecular weight excluding hydrogens is 359 g/mol.